The number of anilines is 1. The number of benzene rings is 1. The zero-order valence-electron chi connectivity index (χ0n) is 6.94. The summed E-state index contributed by atoms with van der Waals surface area (Å²) in [7, 11) is -3.53. The second-order valence-corrected chi connectivity index (χ2v) is 4.40. The molecule has 72 valence electrons. The number of halogens is 1. The zero-order chi connectivity index (χ0) is 10.1. The number of rotatable bonds is 2. The first-order valence-electron chi connectivity index (χ1n) is 3.42. The van der Waals surface area contributed by atoms with Gasteiger partial charge in [-0.05, 0) is 18.2 Å². The molecule has 4 nitrogen and oxygen atoms in total. The van der Waals surface area contributed by atoms with E-state index in [0.717, 1.165) is 12.3 Å². The van der Waals surface area contributed by atoms with Crippen molar-refractivity contribution in [2.24, 2.45) is 5.84 Å². The Morgan fingerprint density at radius 2 is 2.08 bits per heavy atom. The second-order valence-electron chi connectivity index (χ2n) is 2.54. The first-order valence-corrected chi connectivity index (χ1v) is 5.26. The molecule has 1 aromatic rings. The lowest BCUT2D eigenvalue weighted by atomic mass is 10.3. The van der Waals surface area contributed by atoms with Crippen LogP contribution in [0, 0.1) is 5.82 Å². The molecule has 0 radical (unpaired) electrons. The fourth-order valence-electron chi connectivity index (χ4n) is 0.805. The molecule has 6 heteroatoms. The fourth-order valence-corrected chi connectivity index (χ4v) is 1.30. The Hall–Kier alpha value is -1.14. The van der Waals surface area contributed by atoms with E-state index in [0.29, 0.717) is 4.41 Å². The van der Waals surface area contributed by atoms with Gasteiger partial charge >= 0.3 is 0 Å². The third-order valence-corrected chi connectivity index (χ3v) is 2.35. The van der Waals surface area contributed by atoms with Crippen molar-refractivity contribution in [3.05, 3.63) is 30.1 Å². The van der Waals surface area contributed by atoms with Crippen LogP contribution in [0.25, 0.3) is 0 Å². The van der Waals surface area contributed by atoms with Crippen molar-refractivity contribution in [1.82, 2.24) is 0 Å². The molecule has 0 aliphatic carbocycles. The van der Waals surface area contributed by atoms with Gasteiger partial charge in [0.25, 0.3) is 0 Å². The smallest absolute Gasteiger partial charge is 0.233 e. The average molecular weight is 204 g/mol. The standard InChI is InChI=1S/C7H9FN2O2S/c1-13(11,12)10(9)7-4-2-3-6(8)5-7/h2-5H,9H2,1H3. The third-order valence-electron chi connectivity index (χ3n) is 1.42. The highest BCUT2D eigenvalue weighted by atomic mass is 32.2. The topological polar surface area (TPSA) is 63.4 Å². The van der Waals surface area contributed by atoms with E-state index >= 15 is 0 Å². The van der Waals surface area contributed by atoms with Crippen LogP contribution in [0.15, 0.2) is 24.3 Å². The zero-order valence-corrected chi connectivity index (χ0v) is 7.75. The molecule has 0 saturated heterocycles. The largest absolute Gasteiger partial charge is 0.245 e. The molecule has 0 atom stereocenters. The predicted octanol–water partition coefficient (Wildman–Crippen LogP) is 0.465. The van der Waals surface area contributed by atoms with E-state index in [9.17, 15) is 12.8 Å². The lowest BCUT2D eigenvalue weighted by molar-refractivity contribution is 0.597. The third kappa shape index (κ3) is 2.40. The minimum atomic E-state index is -3.53. The lowest BCUT2D eigenvalue weighted by Gasteiger charge is -2.15. The van der Waals surface area contributed by atoms with Crippen molar-refractivity contribution in [2.45, 2.75) is 0 Å². The maximum absolute atomic E-state index is 12.6. The number of hydrogen-bond donors (Lipinski definition) is 1. The molecule has 2 N–H and O–H groups in total. The van der Waals surface area contributed by atoms with Crippen molar-refractivity contribution in [3.63, 3.8) is 0 Å². The summed E-state index contributed by atoms with van der Waals surface area (Å²) in [6, 6.07) is 5.04. The van der Waals surface area contributed by atoms with Crippen molar-refractivity contribution in [2.75, 3.05) is 10.7 Å². The summed E-state index contributed by atoms with van der Waals surface area (Å²) in [5.74, 6) is 4.69. The maximum atomic E-state index is 12.6. The Morgan fingerprint density at radius 3 is 2.54 bits per heavy atom. The number of hydrogen-bond acceptors (Lipinski definition) is 3. The molecule has 1 aromatic carbocycles. The number of nitrogens with two attached hydrogens (primary N) is 1. The van der Waals surface area contributed by atoms with E-state index in [-0.39, 0.29) is 5.69 Å². The van der Waals surface area contributed by atoms with E-state index in [1.54, 1.807) is 0 Å². The Balaban J connectivity index is 3.10. The fraction of sp³-hybridized carbons (Fsp3) is 0.143. The maximum Gasteiger partial charge on any atom is 0.245 e. The van der Waals surface area contributed by atoms with Gasteiger partial charge in [0.15, 0.2) is 0 Å². The summed E-state index contributed by atoms with van der Waals surface area (Å²) in [4.78, 5) is 0. The summed E-state index contributed by atoms with van der Waals surface area (Å²) in [5, 5.41) is 0. The SMILES string of the molecule is CS(=O)(=O)N(N)c1cccc(F)c1. The minimum Gasteiger partial charge on any atom is -0.233 e. The molecular formula is C7H9FN2O2S. The highest BCUT2D eigenvalue weighted by Gasteiger charge is 2.12. The molecule has 0 amide bonds. The first-order chi connectivity index (χ1) is 5.91. The van der Waals surface area contributed by atoms with Gasteiger partial charge in [0, 0.05) is 0 Å². The van der Waals surface area contributed by atoms with E-state index in [1.807, 2.05) is 0 Å². The van der Waals surface area contributed by atoms with Crippen molar-refractivity contribution < 1.29 is 12.8 Å². The Kier molecular flexibility index (Phi) is 2.53. The van der Waals surface area contributed by atoms with Crippen molar-refractivity contribution in [3.8, 4) is 0 Å². The van der Waals surface area contributed by atoms with Crippen LogP contribution in [-0.4, -0.2) is 14.7 Å². The Morgan fingerprint density at radius 1 is 1.46 bits per heavy atom. The van der Waals surface area contributed by atoms with Crippen LogP contribution in [0.3, 0.4) is 0 Å². The molecule has 0 saturated carbocycles. The lowest BCUT2D eigenvalue weighted by Crippen LogP contribution is -2.36. The quantitative estimate of drug-likeness (QED) is 0.562. The Bertz CT molecular complexity index is 405. The molecule has 0 heterocycles. The molecule has 1 rings (SSSR count). The molecule has 0 bridgehead atoms. The van der Waals surface area contributed by atoms with Crippen molar-refractivity contribution in [1.29, 1.82) is 0 Å². The highest BCUT2D eigenvalue weighted by Crippen LogP contribution is 2.14. The summed E-state index contributed by atoms with van der Waals surface area (Å²) in [6.07, 6.45) is 0.942. The van der Waals surface area contributed by atoms with E-state index in [1.165, 1.54) is 18.2 Å². The number of sulfonamides is 1. The molecule has 0 spiro atoms. The summed E-state index contributed by atoms with van der Waals surface area (Å²) >= 11 is 0. The van der Waals surface area contributed by atoms with Gasteiger partial charge in [-0.1, -0.05) is 6.07 Å². The second kappa shape index (κ2) is 3.31. The van der Waals surface area contributed by atoms with Crippen LogP contribution < -0.4 is 10.3 Å². The van der Waals surface area contributed by atoms with E-state index in [2.05, 4.69) is 0 Å². The van der Waals surface area contributed by atoms with Gasteiger partial charge in [-0.3, -0.25) is 0 Å². The van der Waals surface area contributed by atoms with Crippen LogP contribution in [0.1, 0.15) is 0 Å². The van der Waals surface area contributed by atoms with Gasteiger partial charge in [0.05, 0.1) is 11.9 Å². The van der Waals surface area contributed by atoms with Crippen LogP contribution in [-0.2, 0) is 10.0 Å². The van der Waals surface area contributed by atoms with Crippen LogP contribution in [0.4, 0.5) is 10.1 Å². The summed E-state index contributed by atoms with van der Waals surface area (Å²) < 4.78 is 35.0. The molecule has 0 aliphatic rings. The molecule has 13 heavy (non-hydrogen) atoms. The van der Waals surface area contributed by atoms with Crippen molar-refractivity contribution >= 4 is 15.7 Å². The summed E-state index contributed by atoms with van der Waals surface area (Å²) in [5.41, 5.74) is 0.0995. The predicted molar refractivity (Wildman–Crippen MR) is 47.9 cm³/mol. The number of hydrazine groups is 1. The average Bonchev–Trinajstić information content (AvgIpc) is 2.01. The van der Waals surface area contributed by atoms with Crippen LogP contribution >= 0.6 is 0 Å². The Labute approximate surface area is 75.8 Å². The first kappa shape index (κ1) is 9.94. The van der Waals surface area contributed by atoms with Crippen LogP contribution in [0.2, 0.25) is 0 Å². The van der Waals surface area contributed by atoms with Gasteiger partial charge in [0.2, 0.25) is 10.0 Å². The molecule has 0 aromatic heterocycles. The molecule has 0 unspecified atom stereocenters. The van der Waals surface area contributed by atoms with Gasteiger partial charge in [0.1, 0.15) is 5.82 Å². The highest BCUT2D eigenvalue weighted by molar-refractivity contribution is 7.92. The summed E-state index contributed by atoms with van der Waals surface area (Å²) in [6.45, 7) is 0. The van der Waals surface area contributed by atoms with Gasteiger partial charge in [-0.25, -0.2) is 23.1 Å². The monoisotopic (exact) mass is 204 g/mol. The minimum absolute atomic E-state index is 0.0995. The normalized spacial score (nSPS) is 11.3. The van der Waals surface area contributed by atoms with Gasteiger partial charge < -0.3 is 0 Å². The van der Waals surface area contributed by atoms with Crippen LogP contribution in [0.5, 0.6) is 0 Å². The van der Waals surface area contributed by atoms with E-state index in [4.69, 9.17) is 5.84 Å². The molecular weight excluding hydrogens is 195 g/mol. The number of nitrogens with zero attached hydrogens (tertiary/aromatic N) is 1. The van der Waals surface area contributed by atoms with E-state index < -0.39 is 15.8 Å². The van der Waals surface area contributed by atoms with Gasteiger partial charge in [-0.2, -0.15) is 0 Å². The van der Waals surface area contributed by atoms with Gasteiger partial charge in [-0.15, -0.1) is 0 Å². The molecule has 0 fully saturated rings. The molecule has 0 aliphatic heterocycles.